The van der Waals surface area contributed by atoms with Crippen LogP contribution in [0, 0.1) is 5.82 Å². The molecule has 1 aliphatic heterocycles. The first kappa shape index (κ1) is 27.4. The van der Waals surface area contributed by atoms with Gasteiger partial charge in [-0.3, -0.25) is 4.98 Å². The van der Waals surface area contributed by atoms with E-state index in [4.69, 9.17) is 16.4 Å². The maximum atomic E-state index is 14.7. The summed E-state index contributed by atoms with van der Waals surface area (Å²) in [7, 11) is 0. The minimum absolute atomic E-state index is 0.0406. The number of nitrogens with zero attached hydrogens (tertiary/aromatic N) is 3. The van der Waals surface area contributed by atoms with E-state index in [1.807, 2.05) is 0 Å². The number of alkyl halides is 6. The summed E-state index contributed by atoms with van der Waals surface area (Å²) in [4.78, 5) is 11.0. The molecule has 1 aliphatic rings. The molecule has 0 bridgehead atoms. The first-order chi connectivity index (χ1) is 18.9. The van der Waals surface area contributed by atoms with Crippen LogP contribution in [0.3, 0.4) is 0 Å². The lowest BCUT2D eigenvalue weighted by Gasteiger charge is -2.27. The van der Waals surface area contributed by atoms with Crippen LogP contribution in [-0.2, 0) is 23.7 Å². The number of amidine groups is 1. The zero-order valence-corrected chi connectivity index (χ0v) is 20.9. The average molecular weight is 580 g/mol. The van der Waals surface area contributed by atoms with E-state index < -0.39 is 41.1 Å². The van der Waals surface area contributed by atoms with Crippen molar-refractivity contribution < 1.29 is 35.6 Å². The third-order valence-corrected chi connectivity index (χ3v) is 6.42. The smallest absolute Gasteiger partial charge is 0.363 e. The molecule has 4 aromatic rings. The Morgan fingerprint density at radius 3 is 2.17 bits per heavy atom. The fourth-order valence-electron chi connectivity index (χ4n) is 4.37. The lowest BCUT2D eigenvalue weighted by Crippen LogP contribution is -2.31. The quantitative estimate of drug-likeness (QED) is 0.223. The van der Waals surface area contributed by atoms with Crippen LogP contribution < -0.4 is 0 Å². The maximum Gasteiger partial charge on any atom is 0.416 e. The monoisotopic (exact) mass is 579 g/mol. The lowest BCUT2D eigenvalue weighted by molar-refractivity contribution is -0.143. The summed E-state index contributed by atoms with van der Waals surface area (Å²) in [5.41, 5.74) is -1.95. The van der Waals surface area contributed by atoms with Crippen molar-refractivity contribution in [3.8, 4) is 11.1 Å². The Morgan fingerprint density at radius 2 is 1.52 bits per heavy atom. The van der Waals surface area contributed by atoms with Gasteiger partial charge in [0.1, 0.15) is 5.82 Å². The van der Waals surface area contributed by atoms with E-state index in [9.17, 15) is 30.7 Å². The summed E-state index contributed by atoms with van der Waals surface area (Å²) in [5, 5.41) is 4.33. The standard InChI is InChI=1S/C28H17ClF7N3O/c29-21-5-3-4-16(12-21)25-38-40-26(17-10-19(27(31,32)33)13-20(11-17)28(34,35)36)39(25)15-18-14-37-9-8-22(18)23-6-1-2-7-24(23)30/h1-14,26H,15H2. The van der Waals surface area contributed by atoms with Crippen LogP contribution in [0.25, 0.3) is 11.1 Å². The molecule has 1 unspecified atom stereocenters. The number of benzene rings is 3. The number of oxime groups is 1. The van der Waals surface area contributed by atoms with Gasteiger partial charge in [-0.15, -0.1) is 0 Å². The largest absolute Gasteiger partial charge is 0.416 e. The molecule has 40 heavy (non-hydrogen) atoms. The van der Waals surface area contributed by atoms with Crippen LogP contribution in [0.2, 0.25) is 5.02 Å². The van der Waals surface area contributed by atoms with Gasteiger partial charge in [-0.05, 0) is 53.6 Å². The highest BCUT2D eigenvalue weighted by Crippen LogP contribution is 2.41. The van der Waals surface area contributed by atoms with Gasteiger partial charge in [-0.1, -0.05) is 47.1 Å². The van der Waals surface area contributed by atoms with Crippen molar-refractivity contribution in [3.05, 3.63) is 124 Å². The molecule has 0 saturated carbocycles. The molecule has 0 fully saturated rings. The molecule has 0 saturated heterocycles. The highest BCUT2D eigenvalue weighted by atomic mass is 35.5. The maximum absolute atomic E-state index is 14.7. The van der Waals surface area contributed by atoms with Crippen molar-refractivity contribution in [2.45, 2.75) is 25.1 Å². The number of pyridine rings is 1. The summed E-state index contributed by atoms with van der Waals surface area (Å²) in [6, 6.07) is 15.0. The first-order valence-corrected chi connectivity index (χ1v) is 12.0. The topological polar surface area (TPSA) is 37.7 Å². The van der Waals surface area contributed by atoms with E-state index in [-0.39, 0.29) is 24.0 Å². The molecule has 0 N–H and O–H groups in total. The van der Waals surface area contributed by atoms with Gasteiger partial charge >= 0.3 is 12.4 Å². The van der Waals surface area contributed by atoms with E-state index >= 15 is 0 Å². The van der Waals surface area contributed by atoms with Crippen LogP contribution in [0.1, 0.15) is 34.0 Å². The Bertz CT molecular complexity index is 1550. The van der Waals surface area contributed by atoms with Crippen LogP contribution in [0.15, 0.2) is 90.3 Å². The van der Waals surface area contributed by atoms with Gasteiger partial charge in [0, 0.05) is 34.1 Å². The molecule has 0 radical (unpaired) electrons. The molecule has 2 heterocycles. The molecule has 12 heteroatoms. The van der Waals surface area contributed by atoms with E-state index in [0.29, 0.717) is 33.8 Å². The third-order valence-electron chi connectivity index (χ3n) is 6.18. The second-order valence-electron chi connectivity index (χ2n) is 8.86. The van der Waals surface area contributed by atoms with Crippen LogP contribution >= 0.6 is 11.6 Å². The van der Waals surface area contributed by atoms with Crippen LogP contribution in [0.4, 0.5) is 30.7 Å². The van der Waals surface area contributed by atoms with E-state index in [1.165, 1.54) is 35.5 Å². The zero-order chi connectivity index (χ0) is 28.7. The van der Waals surface area contributed by atoms with Crippen molar-refractivity contribution in [2.24, 2.45) is 5.16 Å². The fraction of sp³-hybridized carbons (Fsp3) is 0.143. The molecule has 0 spiro atoms. The molecule has 1 atom stereocenters. The Labute approximate surface area is 228 Å². The zero-order valence-electron chi connectivity index (χ0n) is 20.1. The molecule has 4 nitrogen and oxygen atoms in total. The molecular formula is C28H17ClF7N3O. The normalized spacial score (nSPS) is 15.7. The summed E-state index contributed by atoms with van der Waals surface area (Å²) < 4.78 is 96.4. The number of hydrogen-bond donors (Lipinski definition) is 0. The van der Waals surface area contributed by atoms with Gasteiger partial charge < -0.3 is 9.74 Å². The van der Waals surface area contributed by atoms with Crippen LogP contribution in [-0.4, -0.2) is 15.7 Å². The second kappa shape index (κ2) is 10.5. The molecular weight excluding hydrogens is 563 g/mol. The molecule has 0 amide bonds. The molecule has 206 valence electrons. The lowest BCUT2D eigenvalue weighted by atomic mass is 9.99. The van der Waals surface area contributed by atoms with Gasteiger partial charge in [-0.2, -0.15) is 26.3 Å². The first-order valence-electron chi connectivity index (χ1n) is 11.7. The van der Waals surface area contributed by atoms with Crippen LogP contribution in [0.5, 0.6) is 0 Å². The third kappa shape index (κ3) is 5.60. The molecule has 1 aromatic heterocycles. The molecule has 0 aliphatic carbocycles. The Hall–Kier alpha value is -4.12. The summed E-state index contributed by atoms with van der Waals surface area (Å²) >= 11 is 6.13. The summed E-state index contributed by atoms with van der Waals surface area (Å²) in [5.74, 6) is -0.428. The van der Waals surface area contributed by atoms with Crippen molar-refractivity contribution in [3.63, 3.8) is 0 Å². The molecule has 3 aromatic carbocycles. The van der Waals surface area contributed by atoms with E-state index in [2.05, 4.69) is 10.1 Å². The number of halogens is 8. The van der Waals surface area contributed by atoms with Gasteiger partial charge in [0.2, 0.25) is 6.23 Å². The highest BCUT2D eigenvalue weighted by molar-refractivity contribution is 6.31. The number of aromatic nitrogens is 1. The Balaban J connectivity index is 1.64. The Morgan fingerprint density at radius 1 is 0.825 bits per heavy atom. The van der Waals surface area contributed by atoms with Gasteiger partial charge in [0.05, 0.1) is 17.7 Å². The average Bonchev–Trinajstić information content (AvgIpc) is 3.32. The van der Waals surface area contributed by atoms with Gasteiger partial charge in [0.15, 0.2) is 5.84 Å². The molecule has 5 rings (SSSR count). The van der Waals surface area contributed by atoms with Gasteiger partial charge in [-0.25, -0.2) is 4.39 Å². The van der Waals surface area contributed by atoms with Crippen molar-refractivity contribution >= 4 is 17.4 Å². The van der Waals surface area contributed by atoms with Gasteiger partial charge in [0.25, 0.3) is 0 Å². The number of rotatable bonds is 5. The predicted molar refractivity (Wildman–Crippen MR) is 133 cm³/mol. The number of hydrogen-bond acceptors (Lipinski definition) is 4. The Kier molecular flexibility index (Phi) is 7.17. The summed E-state index contributed by atoms with van der Waals surface area (Å²) in [6.07, 6.45) is -8.74. The fourth-order valence-corrected chi connectivity index (χ4v) is 4.56. The second-order valence-corrected chi connectivity index (χ2v) is 9.30. The SMILES string of the molecule is Fc1ccccc1-c1ccncc1CN1C(c2cccc(Cl)c2)=NOC1c1cc(C(F)(F)F)cc(C(F)(F)F)c1. The predicted octanol–water partition coefficient (Wildman–Crippen LogP) is 8.47. The van der Waals surface area contributed by atoms with E-state index in [0.717, 1.165) is 0 Å². The minimum atomic E-state index is -5.06. The van der Waals surface area contributed by atoms with Crippen molar-refractivity contribution in [2.75, 3.05) is 0 Å². The minimum Gasteiger partial charge on any atom is -0.363 e. The van der Waals surface area contributed by atoms with E-state index in [1.54, 1.807) is 36.4 Å². The van der Waals surface area contributed by atoms with Crippen molar-refractivity contribution in [1.82, 2.24) is 9.88 Å². The highest BCUT2D eigenvalue weighted by Gasteiger charge is 2.40. The summed E-state index contributed by atoms with van der Waals surface area (Å²) in [6.45, 7) is -0.162. The van der Waals surface area contributed by atoms with Crippen molar-refractivity contribution in [1.29, 1.82) is 0 Å².